The van der Waals surface area contributed by atoms with E-state index in [1.54, 1.807) is 0 Å². The highest BCUT2D eigenvalue weighted by atomic mass is 32.2. The molecule has 0 amide bonds. The molecule has 0 aliphatic carbocycles. The average Bonchev–Trinajstić information content (AvgIpc) is 2.06. The molecule has 0 bridgehead atoms. The maximum absolute atomic E-state index is 11.0. The third-order valence-electron chi connectivity index (χ3n) is 1.92. The van der Waals surface area contributed by atoms with Gasteiger partial charge in [-0.1, -0.05) is 0 Å². The monoisotopic (exact) mass is 194 g/mol. The summed E-state index contributed by atoms with van der Waals surface area (Å²) in [6.07, 6.45) is 2.74. The predicted molar refractivity (Wildman–Crippen MR) is 44.4 cm³/mol. The largest absolute Gasteiger partial charge is 0.377 e. The summed E-state index contributed by atoms with van der Waals surface area (Å²) in [5, 5.41) is 0. The standard InChI is InChI=1S/C7H14O4S/c1-10-12(8,9)6-7-4-2-3-5-11-7/h7H,2-6H2,1H3. The molecule has 0 aromatic heterocycles. The molecule has 72 valence electrons. The summed E-state index contributed by atoms with van der Waals surface area (Å²) in [5.74, 6) is -0.0104. The molecule has 1 heterocycles. The van der Waals surface area contributed by atoms with Crippen molar-refractivity contribution in [2.24, 2.45) is 0 Å². The molecule has 0 aromatic rings. The normalized spacial score (nSPS) is 25.6. The van der Waals surface area contributed by atoms with E-state index in [1.165, 1.54) is 7.11 Å². The van der Waals surface area contributed by atoms with Gasteiger partial charge in [-0.2, -0.15) is 8.42 Å². The van der Waals surface area contributed by atoms with E-state index in [0.717, 1.165) is 19.3 Å². The Labute approximate surface area is 73.0 Å². The van der Waals surface area contributed by atoms with Crippen molar-refractivity contribution in [1.29, 1.82) is 0 Å². The van der Waals surface area contributed by atoms with Crippen LogP contribution in [0.4, 0.5) is 0 Å². The lowest BCUT2D eigenvalue weighted by molar-refractivity contribution is 0.0294. The molecule has 1 unspecified atom stereocenters. The number of hydrogen-bond donors (Lipinski definition) is 0. The fraction of sp³-hybridized carbons (Fsp3) is 1.00. The summed E-state index contributed by atoms with van der Waals surface area (Å²) < 4.78 is 31.5. The van der Waals surface area contributed by atoms with E-state index >= 15 is 0 Å². The van der Waals surface area contributed by atoms with Crippen molar-refractivity contribution in [3.8, 4) is 0 Å². The van der Waals surface area contributed by atoms with E-state index in [2.05, 4.69) is 4.18 Å². The van der Waals surface area contributed by atoms with Crippen LogP contribution in [0, 0.1) is 0 Å². The van der Waals surface area contributed by atoms with Crippen molar-refractivity contribution in [3.63, 3.8) is 0 Å². The SMILES string of the molecule is COS(=O)(=O)CC1CCCCO1. The molecule has 0 radical (unpaired) electrons. The summed E-state index contributed by atoms with van der Waals surface area (Å²) in [7, 11) is -2.17. The van der Waals surface area contributed by atoms with Crippen molar-refractivity contribution < 1.29 is 17.3 Å². The van der Waals surface area contributed by atoms with Crippen LogP contribution < -0.4 is 0 Å². The van der Waals surface area contributed by atoms with Crippen LogP contribution in [0.15, 0.2) is 0 Å². The molecule has 1 aliphatic rings. The Hall–Kier alpha value is -0.130. The van der Waals surface area contributed by atoms with Gasteiger partial charge in [-0.3, -0.25) is 4.18 Å². The van der Waals surface area contributed by atoms with E-state index in [0.29, 0.717) is 6.61 Å². The van der Waals surface area contributed by atoms with Crippen molar-refractivity contribution in [1.82, 2.24) is 0 Å². The molecule has 1 rings (SSSR count). The van der Waals surface area contributed by atoms with Gasteiger partial charge in [0.15, 0.2) is 0 Å². The third kappa shape index (κ3) is 3.08. The first kappa shape index (κ1) is 9.95. The zero-order chi connectivity index (χ0) is 9.03. The highest BCUT2D eigenvalue weighted by Crippen LogP contribution is 2.14. The van der Waals surface area contributed by atoms with Crippen molar-refractivity contribution >= 4 is 10.1 Å². The molecule has 0 saturated carbocycles. The minimum absolute atomic E-state index is 0.0104. The maximum atomic E-state index is 11.0. The smallest absolute Gasteiger partial charge is 0.269 e. The van der Waals surface area contributed by atoms with E-state index < -0.39 is 10.1 Å². The summed E-state index contributed by atoms with van der Waals surface area (Å²) in [6.45, 7) is 0.671. The molecular formula is C7H14O4S. The lowest BCUT2D eigenvalue weighted by Gasteiger charge is -2.21. The first-order chi connectivity index (χ1) is 5.64. The Morgan fingerprint density at radius 1 is 1.50 bits per heavy atom. The Bertz CT molecular complexity index is 216. The molecule has 5 heteroatoms. The molecule has 0 N–H and O–H groups in total. The maximum Gasteiger partial charge on any atom is 0.269 e. The van der Waals surface area contributed by atoms with Gasteiger partial charge in [0.25, 0.3) is 10.1 Å². The topological polar surface area (TPSA) is 52.6 Å². The zero-order valence-corrected chi connectivity index (χ0v) is 7.97. The Kier molecular flexibility index (Phi) is 3.49. The van der Waals surface area contributed by atoms with Gasteiger partial charge < -0.3 is 4.74 Å². The molecule has 0 aromatic carbocycles. The second-order valence-electron chi connectivity index (χ2n) is 2.88. The summed E-state index contributed by atoms with van der Waals surface area (Å²) in [4.78, 5) is 0. The van der Waals surface area contributed by atoms with E-state index in [1.807, 2.05) is 0 Å². The molecule has 1 atom stereocenters. The molecule has 1 aliphatic heterocycles. The van der Waals surface area contributed by atoms with Crippen LogP contribution in [-0.2, 0) is 19.0 Å². The minimum Gasteiger partial charge on any atom is -0.377 e. The van der Waals surface area contributed by atoms with Crippen LogP contribution in [0.1, 0.15) is 19.3 Å². The number of rotatable bonds is 3. The van der Waals surface area contributed by atoms with E-state index in [9.17, 15) is 8.42 Å². The first-order valence-corrected chi connectivity index (χ1v) is 5.62. The van der Waals surface area contributed by atoms with Crippen molar-refractivity contribution in [2.45, 2.75) is 25.4 Å². The lowest BCUT2D eigenvalue weighted by atomic mass is 10.1. The molecule has 4 nitrogen and oxygen atoms in total. The second-order valence-corrected chi connectivity index (χ2v) is 4.66. The van der Waals surface area contributed by atoms with Gasteiger partial charge in [-0.05, 0) is 19.3 Å². The van der Waals surface area contributed by atoms with Crippen LogP contribution in [0.25, 0.3) is 0 Å². The van der Waals surface area contributed by atoms with Crippen LogP contribution in [-0.4, -0.2) is 34.0 Å². The second kappa shape index (κ2) is 4.20. The van der Waals surface area contributed by atoms with Gasteiger partial charge in [0.05, 0.1) is 13.2 Å². The molecule has 1 saturated heterocycles. The quantitative estimate of drug-likeness (QED) is 0.615. The van der Waals surface area contributed by atoms with E-state index in [-0.39, 0.29) is 11.9 Å². The first-order valence-electron chi connectivity index (χ1n) is 4.04. The highest BCUT2D eigenvalue weighted by molar-refractivity contribution is 7.86. The van der Waals surface area contributed by atoms with E-state index in [4.69, 9.17) is 4.74 Å². The summed E-state index contributed by atoms with van der Waals surface area (Å²) in [6, 6.07) is 0. The van der Waals surface area contributed by atoms with Crippen LogP contribution in [0.3, 0.4) is 0 Å². The Morgan fingerprint density at radius 3 is 2.75 bits per heavy atom. The molecular weight excluding hydrogens is 180 g/mol. The average molecular weight is 194 g/mol. The Morgan fingerprint density at radius 2 is 2.25 bits per heavy atom. The van der Waals surface area contributed by atoms with Gasteiger partial charge in [-0.25, -0.2) is 0 Å². The molecule has 12 heavy (non-hydrogen) atoms. The van der Waals surface area contributed by atoms with Gasteiger partial charge in [-0.15, -0.1) is 0 Å². The fourth-order valence-electron chi connectivity index (χ4n) is 1.23. The molecule has 1 fully saturated rings. The van der Waals surface area contributed by atoms with Crippen molar-refractivity contribution in [3.05, 3.63) is 0 Å². The predicted octanol–water partition coefficient (Wildman–Crippen LogP) is 0.532. The summed E-state index contributed by atoms with van der Waals surface area (Å²) >= 11 is 0. The number of ether oxygens (including phenoxy) is 1. The van der Waals surface area contributed by atoms with Gasteiger partial charge in [0, 0.05) is 6.61 Å². The van der Waals surface area contributed by atoms with Crippen LogP contribution in [0.5, 0.6) is 0 Å². The van der Waals surface area contributed by atoms with Gasteiger partial charge in [0.2, 0.25) is 0 Å². The molecule has 0 spiro atoms. The summed E-state index contributed by atoms with van der Waals surface area (Å²) in [5.41, 5.74) is 0. The lowest BCUT2D eigenvalue weighted by Crippen LogP contribution is -2.28. The third-order valence-corrected chi connectivity index (χ3v) is 3.21. The zero-order valence-electron chi connectivity index (χ0n) is 7.15. The van der Waals surface area contributed by atoms with Crippen LogP contribution >= 0.6 is 0 Å². The van der Waals surface area contributed by atoms with Crippen LogP contribution in [0.2, 0.25) is 0 Å². The minimum atomic E-state index is -3.34. The van der Waals surface area contributed by atoms with Gasteiger partial charge >= 0.3 is 0 Å². The highest BCUT2D eigenvalue weighted by Gasteiger charge is 2.21. The fourth-order valence-corrected chi connectivity index (χ4v) is 2.09. The number of hydrogen-bond acceptors (Lipinski definition) is 4. The Balaban J connectivity index is 2.39. The van der Waals surface area contributed by atoms with Crippen molar-refractivity contribution in [2.75, 3.05) is 19.5 Å². The van der Waals surface area contributed by atoms with Gasteiger partial charge in [0.1, 0.15) is 5.75 Å².